The fourth-order valence-corrected chi connectivity index (χ4v) is 3.09. The van der Waals surface area contributed by atoms with Crippen LogP contribution in [-0.4, -0.2) is 54.0 Å². The van der Waals surface area contributed by atoms with Crippen LogP contribution in [0.2, 0.25) is 0 Å². The average Bonchev–Trinajstić information content (AvgIpc) is 3.08. The fraction of sp³-hybridized carbons (Fsp3) is 0.368. The van der Waals surface area contributed by atoms with Crippen LogP contribution in [0, 0.1) is 5.82 Å². The highest BCUT2D eigenvalue weighted by molar-refractivity contribution is 5.93. The van der Waals surface area contributed by atoms with E-state index in [9.17, 15) is 14.0 Å². The van der Waals surface area contributed by atoms with Crippen molar-refractivity contribution in [2.45, 2.75) is 6.42 Å². The van der Waals surface area contributed by atoms with E-state index in [1.165, 1.54) is 12.1 Å². The highest BCUT2D eigenvalue weighted by Crippen LogP contribution is 2.17. The van der Waals surface area contributed by atoms with Crippen LogP contribution in [0.25, 0.3) is 0 Å². The number of piperazine rings is 1. The summed E-state index contributed by atoms with van der Waals surface area (Å²) in [4.78, 5) is 28.3. The first-order valence-electron chi connectivity index (χ1n) is 8.72. The number of hydrogen-bond donors (Lipinski definition) is 1. The molecule has 0 unspecified atom stereocenters. The number of benzene rings is 1. The Labute approximate surface area is 152 Å². The first-order chi connectivity index (χ1) is 12.5. The molecule has 1 aliphatic rings. The Morgan fingerprint density at radius 3 is 2.38 bits per heavy atom. The molecule has 0 spiro atoms. The van der Waals surface area contributed by atoms with Gasteiger partial charge in [-0.25, -0.2) is 4.39 Å². The molecule has 1 N–H and O–H groups in total. The summed E-state index contributed by atoms with van der Waals surface area (Å²) in [5.74, 6) is -0.387. The highest BCUT2D eigenvalue weighted by Gasteiger charge is 2.21. The molecule has 1 saturated heterocycles. The van der Waals surface area contributed by atoms with E-state index in [0.717, 1.165) is 5.69 Å². The van der Waals surface area contributed by atoms with Crippen LogP contribution in [0.4, 0.5) is 10.1 Å². The second-order valence-electron chi connectivity index (χ2n) is 6.35. The van der Waals surface area contributed by atoms with E-state index in [1.54, 1.807) is 42.1 Å². The third kappa shape index (κ3) is 4.22. The van der Waals surface area contributed by atoms with Gasteiger partial charge in [0.2, 0.25) is 5.91 Å². The van der Waals surface area contributed by atoms with Crippen molar-refractivity contribution >= 4 is 17.5 Å². The van der Waals surface area contributed by atoms with Crippen LogP contribution >= 0.6 is 0 Å². The van der Waals surface area contributed by atoms with E-state index in [-0.39, 0.29) is 24.1 Å². The van der Waals surface area contributed by atoms with Gasteiger partial charge in [-0.05, 0) is 36.4 Å². The van der Waals surface area contributed by atoms with Gasteiger partial charge >= 0.3 is 0 Å². The van der Waals surface area contributed by atoms with Crippen LogP contribution in [0.5, 0.6) is 0 Å². The van der Waals surface area contributed by atoms with Gasteiger partial charge in [-0.15, -0.1) is 0 Å². The van der Waals surface area contributed by atoms with Gasteiger partial charge in [0, 0.05) is 58.1 Å². The second kappa shape index (κ2) is 8.03. The van der Waals surface area contributed by atoms with E-state index < -0.39 is 0 Å². The lowest BCUT2D eigenvalue weighted by atomic mass is 10.2. The Hall–Kier alpha value is -2.83. The first-order valence-corrected chi connectivity index (χ1v) is 8.72. The molecule has 1 aliphatic heterocycles. The number of aromatic nitrogens is 1. The lowest BCUT2D eigenvalue weighted by Crippen LogP contribution is -2.49. The molecule has 1 aromatic heterocycles. The largest absolute Gasteiger partial charge is 0.368 e. The van der Waals surface area contributed by atoms with Gasteiger partial charge in [0.1, 0.15) is 11.5 Å². The van der Waals surface area contributed by atoms with Crippen molar-refractivity contribution in [1.82, 2.24) is 14.8 Å². The van der Waals surface area contributed by atoms with E-state index in [1.807, 2.05) is 4.90 Å². The van der Waals surface area contributed by atoms with Crippen LogP contribution in [0.3, 0.4) is 0 Å². The number of carbonyl (C=O) groups is 2. The van der Waals surface area contributed by atoms with Gasteiger partial charge in [-0.3, -0.25) is 9.59 Å². The van der Waals surface area contributed by atoms with Gasteiger partial charge in [0.15, 0.2) is 0 Å². The summed E-state index contributed by atoms with van der Waals surface area (Å²) < 4.78 is 14.7. The second-order valence-corrected chi connectivity index (χ2v) is 6.35. The molecule has 2 heterocycles. The number of hydrogen-bond acceptors (Lipinski definition) is 3. The number of anilines is 1. The van der Waals surface area contributed by atoms with Crippen molar-refractivity contribution in [3.63, 3.8) is 0 Å². The summed E-state index contributed by atoms with van der Waals surface area (Å²) in [6, 6.07) is 9.95. The number of halogens is 1. The van der Waals surface area contributed by atoms with Crippen LogP contribution in [-0.2, 0) is 11.8 Å². The lowest BCUT2D eigenvalue weighted by molar-refractivity contribution is -0.131. The van der Waals surface area contributed by atoms with Crippen LogP contribution in [0.1, 0.15) is 16.9 Å². The standard InChI is InChI=1S/C19H23FN4O2/c1-22-10-2-3-17(22)19(26)21-9-8-18(25)24-13-11-23(12-14-24)16-6-4-15(20)5-7-16/h2-7,10H,8-9,11-14H2,1H3,(H,21,26). The number of nitrogens with one attached hydrogen (secondary N) is 1. The number of rotatable bonds is 5. The molecule has 2 amide bonds. The summed E-state index contributed by atoms with van der Waals surface area (Å²) >= 11 is 0. The van der Waals surface area contributed by atoms with Gasteiger partial charge in [0.25, 0.3) is 5.91 Å². The monoisotopic (exact) mass is 358 g/mol. The minimum Gasteiger partial charge on any atom is -0.368 e. The molecular formula is C19H23FN4O2. The smallest absolute Gasteiger partial charge is 0.267 e. The minimum atomic E-state index is -0.250. The molecule has 0 atom stereocenters. The zero-order valence-corrected chi connectivity index (χ0v) is 14.8. The SMILES string of the molecule is Cn1cccc1C(=O)NCCC(=O)N1CCN(c2ccc(F)cc2)CC1. The van der Waals surface area contributed by atoms with E-state index in [0.29, 0.717) is 38.4 Å². The van der Waals surface area contributed by atoms with Crippen molar-refractivity contribution in [1.29, 1.82) is 0 Å². The molecule has 0 bridgehead atoms. The van der Waals surface area contributed by atoms with Crippen molar-refractivity contribution in [2.75, 3.05) is 37.6 Å². The Morgan fingerprint density at radius 2 is 1.77 bits per heavy atom. The average molecular weight is 358 g/mol. The van der Waals surface area contributed by atoms with Crippen molar-refractivity contribution < 1.29 is 14.0 Å². The zero-order valence-electron chi connectivity index (χ0n) is 14.8. The predicted molar refractivity (Wildman–Crippen MR) is 97.6 cm³/mol. The van der Waals surface area contributed by atoms with Gasteiger partial charge < -0.3 is 19.7 Å². The molecule has 0 radical (unpaired) electrons. The summed E-state index contributed by atoms with van der Waals surface area (Å²) in [5.41, 5.74) is 1.54. The normalized spacial score (nSPS) is 14.4. The Balaban J connectivity index is 1.41. The molecule has 0 aliphatic carbocycles. The van der Waals surface area contributed by atoms with E-state index in [4.69, 9.17) is 0 Å². The number of aryl methyl sites for hydroxylation is 1. The maximum Gasteiger partial charge on any atom is 0.267 e. The quantitative estimate of drug-likeness (QED) is 0.884. The maximum atomic E-state index is 13.0. The molecule has 26 heavy (non-hydrogen) atoms. The zero-order chi connectivity index (χ0) is 18.5. The third-order valence-electron chi connectivity index (χ3n) is 4.62. The van der Waals surface area contributed by atoms with E-state index >= 15 is 0 Å². The molecule has 1 aromatic carbocycles. The van der Waals surface area contributed by atoms with E-state index in [2.05, 4.69) is 10.2 Å². The molecule has 2 aromatic rings. The molecule has 0 saturated carbocycles. The van der Waals surface area contributed by atoms with Gasteiger partial charge in [-0.1, -0.05) is 0 Å². The number of nitrogens with zero attached hydrogens (tertiary/aromatic N) is 3. The molecule has 3 rings (SSSR count). The van der Waals surface area contributed by atoms with Crippen molar-refractivity contribution in [3.05, 3.63) is 54.1 Å². The Kier molecular flexibility index (Phi) is 5.55. The minimum absolute atomic E-state index is 0.0379. The number of carbonyl (C=O) groups excluding carboxylic acids is 2. The summed E-state index contributed by atoms with van der Waals surface area (Å²) in [6.07, 6.45) is 2.09. The topological polar surface area (TPSA) is 57.6 Å². The third-order valence-corrected chi connectivity index (χ3v) is 4.62. The Morgan fingerprint density at radius 1 is 1.08 bits per heavy atom. The predicted octanol–water partition coefficient (Wildman–Crippen LogP) is 1.63. The number of amides is 2. The molecule has 7 heteroatoms. The van der Waals surface area contributed by atoms with Gasteiger partial charge in [-0.2, -0.15) is 0 Å². The van der Waals surface area contributed by atoms with Crippen molar-refractivity contribution in [3.8, 4) is 0 Å². The van der Waals surface area contributed by atoms with Crippen LogP contribution in [0.15, 0.2) is 42.6 Å². The fourth-order valence-electron chi connectivity index (χ4n) is 3.09. The lowest BCUT2D eigenvalue weighted by Gasteiger charge is -2.36. The molecular weight excluding hydrogens is 335 g/mol. The summed E-state index contributed by atoms with van der Waals surface area (Å²) in [5, 5.41) is 2.78. The van der Waals surface area contributed by atoms with Crippen LogP contribution < -0.4 is 10.2 Å². The molecule has 6 nitrogen and oxygen atoms in total. The Bertz CT molecular complexity index is 764. The van der Waals surface area contributed by atoms with Gasteiger partial charge in [0.05, 0.1) is 0 Å². The first kappa shape index (κ1) is 18.0. The molecule has 138 valence electrons. The maximum absolute atomic E-state index is 13.0. The molecule has 1 fully saturated rings. The van der Waals surface area contributed by atoms with Crippen molar-refractivity contribution in [2.24, 2.45) is 7.05 Å². The summed E-state index contributed by atoms with van der Waals surface area (Å²) in [6.45, 7) is 3.01. The highest BCUT2D eigenvalue weighted by atomic mass is 19.1. The summed E-state index contributed by atoms with van der Waals surface area (Å²) in [7, 11) is 1.81.